The van der Waals surface area contributed by atoms with Crippen LogP contribution < -0.4 is 0 Å². The molecule has 6 nitrogen and oxygen atoms in total. The van der Waals surface area contributed by atoms with Gasteiger partial charge >= 0.3 is 5.97 Å². The fraction of sp³-hybridized carbons (Fsp3) is 0.500. The van der Waals surface area contributed by atoms with Gasteiger partial charge in [-0.05, 0) is 36.8 Å². The summed E-state index contributed by atoms with van der Waals surface area (Å²) < 4.78 is 30.3. The Morgan fingerprint density at radius 3 is 2.45 bits per heavy atom. The lowest BCUT2D eigenvalue weighted by Crippen LogP contribution is -2.22. The number of hydrogen-bond acceptors (Lipinski definition) is 6. The zero-order chi connectivity index (χ0) is 20.4. The van der Waals surface area contributed by atoms with Gasteiger partial charge in [-0.3, -0.25) is 4.79 Å². The van der Waals surface area contributed by atoms with E-state index in [2.05, 4.69) is 0 Å². The third kappa shape index (κ3) is 4.34. The van der Waals surface area contributed by atoms with Crippen LogP contribution in [0.5, 0.6) is 0 Å². The molecule has 0 radical (unpaired) electrons. The van der Waals surface area contributed by atoms with Gasteiger partial charge in [0.2, 0.25) is 0 Å². The lowest BCUT2D eigenvalue weighted by Gasteiger charge is -2.21. The number of aryl methyl sites for hydroxylation is 1. The largest absolute Gasteiger partial charge is 0.469 e. The van der Waals surface area contributed by atoms with E-state index < -0.39 is 9.84 Å². The number of benzene rings is 1. The summed E-state index contributed by atoms with van der Waals surface area (Å²) in [6, 6.07) is 7.62. The van der Waals surface area contributed by atoms with Gasteiger partial charge in [-0.15, -0.1) is 0 Å². The molecule has 1 saturated carbocycles. The maximum Gasteiger partial charge on any atom is 0.309 e. The lowest BCUT2D eigenvalue weighted by molar-refractivity contribution is -0.139. The van der Waals surface area contributed by atoms with Crippen molar-refractivity contribution in [2.45, 2.75) is 62.2 Å². The summed E-state index contributed by atoms with van der Waals surface area (Å²) in [5.74, 6) is 1.04. The Bertz CT molecular complexity index is 1010. The topological polar surface area (TPSA) is 86.2 Å². The highest BCUT2D eigenvalue weighted by Gasteiger charge is 2.31. The molecule has 1 aliphatic carbocycles. The summed E-state index contributed by atoms with van der Waals surface area (Å²) in [6.45, 7) is 0. The van der Waals surface area contributed by atoms with Crippen molar-refractivity contribution in [3.8, 4) is 0 Å². The highest BCUT2D eigenvalue weighted by molar-refractivity contribution is 7.91. The van der Waals surface area contributed by atoms with Crippen LogP contribution in [-0.4, -0.2) is 37.2 Å². The van der Waals surface area contributed by atoms with Gasteiger partial charge in [0.1, 0.15) is 10.7 Å². The highest BCUT2D eigenvalue weighted by atomic mass is 32.2. The zero-order valence-corrected chi connectivity index (χ0v) is 17.5. The predicted octanol–water partition coefficient (Wildman–Crippen LogP) is 3.16. The summed E-state index contributed by atoms with van der Waals surface area (Å²) in [5, 5.41) is 0. The first-order valence-electron chi connectivity index (χ1n) is 10.2. The fourth-order valence-electron chi connectivity index (χ4n) is 4.32. The normalized spacial score (nSPS) is 18.4. The molecule has 2 heterocycles. The van der Waals surface area contributed by atoms with Gasteiger partial charge < -0.3 is 4.74 Å². The van der Waals surface area contributed by atoms with E-state index in [1.807, 2.05) is 24.3 Å². The molecule has 154 valence electrons. The van der Waals surface area contributed by atoms with E-state index >= 15 is 0 Å². The number of ether oxygens (including phenoxy) is 1. The highest BCUT2D eigenvalue weighted by Crippen LogP contribution is 2.35. The van der Waals surface area contributed by atoms with Crippen molar-refractivity contribution in [3.63, 3.8) is 0 Å². The third-order valence-electron chi connectivity index (χ3n) is 5.85. The van der Waals surface area contributed by atoms with Gasteiger partial charge in [-0.2, -0.15) is 0 Å². The molecular weight excluding hydrogens is 388 g/mol. The number of carbonyl (C=O) groups excluding carboxylic acids is 1. The Morgan fingerprint density at radius 1 is 1.07 bits per heavy atom. The van der Waals surface area contributed by atoms with Gasteiger partial charge in [0.05, 0.1) is 30.7 Å². The first kappa shape index (κ1) is 20.0. The molecule has 1 aliphatic heterocycles. The third-order valence-corrected chi connectivity index (χ3v) is 7.77. The van der Waals surface area contributed by atoms with Crippen LogP contribution in [0.4, 0.5) is 0 Å². The molecule has 7 heteroatoms. The fourth-order valence-corrected chi connectivity index (χ4v) is 6.04. The SMILES string of the molecule is COC(=O)Cc1ccc(Cc2nc(C3CCCC3)nc3c2S(=O)(=O)CCC3)cc1. The maximum absolute atomic E-state index is 12.8. The summed E-state index contributed by atoms with van der Waals surface area (Å²) in [4.78, 5) is 21.3. The van der Waals surface area contributed by atoms with Crippen LogP contribution in [0.1, 0.15) is 66.4 Å². The lowest BCUT2D eigenvalue weighted by atomic mass is 10.0. The molecule has 0 unspecified atom stereocenters. The second kappa shape index (κ2) is 8.22. The summed E-state index contributed by atoms with van der Waals surface area (Å²) >= 11 is 0. The van der Waals surface area contributed by atoms with Crippen molar-refractivity contribution in [2.75, 3.05) is 12.9 Å². The predicted molar refractivity (Wildman–Crippen MR) is 109 cm³/mol. The molecule has 0 N–H and O–H groups in total. The number of esters is 1. The molecule has 0 atom stereocenters. The van der Waals surface area contributed by atoms with Crippen LogP contribution in [0.15, 0.2) is 29.2 Å². The summed E-state index contributed by atoms with van der Waals surface area (Å²) in [5.41, 5.74) is 3.16. The summed E-state index contributed by atoms with van der Waals surface area (Å²) in [7, 11) is -1.97. The molecular formula is C22H26N2O4S. The van der Waals surface area contributed by atoms with Gasteiger partial charge in [0, 0.05) is 12.3 Å². The maximum atomic E-state index is 12.8. The van der Waals surface area contributed by atoms with E-state index in [0.717, 1.165) is 29.8 Å². The minimum absolute atomic E-state index is 0.164. The van der Waals surface area contributed by atoms with Crippen molar-refractivity contribution in [2.24, 2.45) is 0 Å². The van der Waals surface area contributed by atoms with Crippen LogP contribution in [-0.2, 0) is 38.6 Å². The van der Waals surface area contributed by atoms with E-state index in [9.17, 15) is 13.2 Å². The molecule has 2 aromatic rings. The number of hydrogen-bond donors (Lipinski definition) is 0. The Hall–Kier alpha value is -2.28. The van der Waals surface area contributed by atoms with Gasteiger partial charge in [-0.25, -0.2) is 18.4 Å². The van der Waals surface area contributed by atoms with Crippen molar-refractivity contribution < 1.29 is 17.9 Å². The minimum atomic E-state index is -3.35. The number of methoxy groups -OCH3 is 1. The summed E-state index contributed by atoms with van der Waals surface area (Å²) in [6.07, 6.45) is 6.50. The van der Waals surface area contributed by atoms with E-state index in [1.165, 1.54) is 20.0 Å². The van der Waals surface area contributed by atoms with Crippen LogP contribution in [0, 0.1) is 0 Å². The number of aromatic nitrogens is 2. The van der Waals surface area contributed by atoms with Crippen LogP contribution in [0.2, 0.25) is 0 Å². The molecule has 1 aromatic carbocycles. The van der Waals surface area contributed by atoms with Gasteiger partial charge in [0.25, 0.3) is 0 Å². The van der Waals surface area contributed by atoms with Crippen molar-refractivity contribution in [1.29, 1.82) is 0 Å². The van der Waals surface area contributed by atoms with Crippen LogP contribution in [0.3, 0.4) is 0 Å². The Labute approximate surface area is 171 Å². The monoisotopic (exact) mass is 414 g/mol. The molecule has 29 heavy (non-hydrogen) atoms. The van der Waals surface area contributed by atoms with E-state index in [4.69, 9.17) is 14.7 Å². The first-order valence-corrected chi connectivity index (χ1v) is 11.9. The van der Waals surface area contributed by atoms with Crippen LogP contribution in [0.25, 0.3) is 0 Å². The number of carbonyl (C=O) groups is 1. The number of rotatable bonds is 5. The number of nitrogens with zero attached hydrogens (tertiary/aromatic N) is 2. The first-order chi connectivity index (χ1) is 14.0. The standard InChI is InChI=1S/C22H26N2O4S/c1-28-20(25)14-16-10-8-15(9-11-16)13-19-21-18(7-4-12-29(21,26)27)23-22(24-19)17-5-2-3-6-17/h8-11,17H,2-7,12-14H2,1H3. The molecule has 0 saturated heterocycles. The molecule has 2 aliphatic rings. The van der Waals surface area contributed by atoms with E-state index in [-0.39, 0.29) is 18.1 Å². The smallest absolute Gasteiger partial charge is 0.309 e. The van der Waals surface area contributed by atoms with Gasteiger partial charge in [0.15, 0.2) is 9.84 Å². The molecule has 0 bridgehead atoms. The molecule has 0 amide bonds. The Balaban J connectivity index is 1.68. The molecule has 1 fully saturated rings. The van der Waals surface area contributed by atoms with Crippen molar-refractivity contribution in [1.82, 2.24) is 9.97 Å². The Kier molecular flexibility index (Phi) is 5.67. The van der Waals surface area contributed by atoms with E-state index in [0.29, 0.717) is 41.5 Å². The average molecular weight is 415 g/mol. The number of fused-ring (bicyclic) bond motifs is 1. The van der Waals surface area contributed by atoms with Crippen LogP contribution >= 0.6 is 0 Å². The second-order valence-electron chi connectivity index (χ2n) is 7.95. The van der Waals surface area contributed by atoms with Crippen molar-refractivity contribution >= 4 is 15.8 Å². The molecule has 4 rings (SSSR count). The minimum Gasteiger partial charge on any atom is -0.469 e. The quantitative estimate of drug-likeness (QED) is 0.699. The average Bonchev–Trinajstić information content (AvgIpc) is 3.23. The second-order valence-corrected chi connectivity index (χ2v) is 10.0. The number of sulfone groups is 1. The molecule has 1 aromatic heterocycles. The Morgan fingerprint density at radius 2 is 1.76 bits per heavy atom. The molecule has 0 spiro atoms. The van der Waals surface area contributed by atoms with Crippen molar-refractivity contribution in [3.05, 3.63) is 52.6 Å². The van der Waals surface area contributed by atoms with E-state index in [1.54, 1.807) is 0 Å². The zero-order valence-electron chi connectivity index (χ0n) is 16.7. The van der Waals surface area contributed by atoms with Gasteiger partial charge in [-0.1, -0.05) is 37.1 Å².